The van der Waals surface area contributed by atoms with Gasteiger partial charge in [0.1, 0.15) is 11.6 Å². The Morgan fingerprint density at radius 1 is 0.312 bits per heavy atom. The van der Waals surface area contributed by atoms with Crippen molar-refractivity contribution in [1.29, 1.82) is 0 Å². The van der Waals surface area contributed by atoms with E-state index in [0.717, 1.165) is 34.4 Å². The van der Waals surface area contributed by atoms with Gasteiger partial charge in [-0.25, -0.2) is 4.98 Å². The summed E-state index contributed by atoms with van der Waals surface area (Å²) in [7, 11) is 0. The Morgan fingerprint density at radius 2 is 0.688 bits per heavy atom. The molecule has 0 radical (unpaired) electrons. The first-order valence-electron chi connectivity index (χ1n) is 16.5. The Morgan fingerprint density at radius 3 is 1.08 bits per heavy atom. The molecule has 48 heavy (non-hydrogen) atoms. The van der Waals surface area contributed by atoms with E-state index >= 15 is 0 Å². The molecule has 0 aliphatic rings. The van der Waals surface area contributed by atoms with Gasteiger partial charge in [-0.15, -0.1) is 0 Å². The summed E-state index contributed by atoms with van der Waals surface area (Å²) in [5.41, 5.74) is 13.9. The molecule has 0 spiro atoms. The molecule has 0 atom stereocenters. The van der Waals surface area contributed by atoms with Gasteiger partial charge in [-0.3, -0.25) is 9.80 Å². The van der Waals surface area contributed by atoms with Crippen molar-refractivity contribution in [2.75, 3.05) is 9.80 Å². The van der Waals surface area contributed by atoms with E-state index < -0.39 is 0 Å². The molecule has 0 N–H and O–H groups in total. The molecule has 3 nitrogen and oxygen atoms in total. The minimum Gasteiger partial charge on any atom is -0.294 e. The average Bonchev–Trinajstić information content (AvgIpc) is 3.12. The van der Waals surface area contributed by atoms with Gasteiger partial charge in [0.05, 0.1) is 22.7 Å². The zero-order valence-electron chi connectivity index (χ0n) is 27.9. The molecule has 0 amide bonds. The minimum absolute atomic E-state index is 0.856. The molecule has 1 heterocycles. The Balaban J connectivity index is 1.38. The largest absolute Gasteiger partial charge is 0.294 e. The zero-order valence-corrected chi connectivity index (χ0v) is 27.9. The van der Waals surface area contributed by atoms with Crippen LogP contribution in [0.2, 0.25) is 0 Å². The molecule has 0 unspecified atom stereocenters. The molecule has 234 valence electrons. The quantitative estimate of drug-likeness (QED) is 0.168. The lowest BCUT2D eigenvalue weighted by atomic mass is 10.0. The van der Waals surface area contributed by atoms with E-state index in [-0.39, 0.29) is 0 Å². The number of anilines is 6. The van der Waals surface area contributed by atoms with Crippen molar-refractivity contribution >= 4 is 34.4 Å². The number of nitrogens with zero attached hydrogens (tertiary/aromatic N) is 3. The number of hydrogen-bond donors (Lipinski definition) is 0. The smallest absolute Gasteiger partial charge is 0.140 e. The van der Waals surface area contributed by atoms with Gasteiger partial charge in [0.15, 0.2) is 0 Å². The van der Waals surface area contributed by atoms with Gasteiger partial charge in [-0.2, -0.15) is 0 Å². The lowest BCUT2D eigenvalue weighted by molar-refractivity contribution is 1.11. The highest BCUT2D eigenvalue weighted by Crippen LogP contribution is 2.42. The minimum atomic E-state index is 0.856. The number of para-hydroxylation sites is 2. The van der Waals surface area contributed by atoms with E-state index in [1.54, 1.807) is 0 Å². The van der Waals surface area contributed by atoms with Crippen molar-refractivity contribution in [2.45, 2.75) is 27.7 Å². The molecular weight excluding hydrogens is 583 g/mol. The van der Waals surface area contributed by atoms with Crippen molar-refractivity contribution in [1.82, 2.24) is 4.98 Å². The average molecular weight is 622 g/mol. The maximum Gasteiger partial charge on any atom is 0.140 e. The van der Waals surface area contributed by atoms with E-state index in [1.807, 2.05) is 0 Å². The molecule has 0 saturated heterocycles. The molecule has 0 fully saturated rings. The first-order chi connectivity index (χ1) is 23.5. The fourth-order valence-corrected chi connectivity index (χ4v) is 6.48. The Labute approximate surface area is 284 Å². The van der Waals surface area contributed by atoms with E-state index in [1.165, 1.54) is 44.5 Å². The second kappa shape index (κ2) is 13.4. The summed E-state index contributed by atoms with van der Waals surface area (Å²) in [6, 6.07) is 58.0. The lowest BCUT2D eigenvalue weighted by Gasteiger charge is -2.31. The number of hydrogen-bond acceptors (Lipinski definition) is 3. The number of benzene rings is 6. The number of rotatable bonds is 8. The second-order valence-electron chi connectivity index (χ2n) is 12.3. The number of pyridine rings is 1. The van der Waals surface area contributed by atoms with Crippen LogP contribution in [0, 0.1) is 27.7 Å². The van der Waals surface area contributed by atoms with Crippen LogP contribution in [-0.2, 0) is 0 Å². The highest BCUT2D eigenvalue weighted by Gasteiger charge is 2.22. The number of aryl methyl sites for hydroxylation is 4. The van der Waals surface area contributed by atoms with E-state index in [4.69, 9.17) is 4.98 Å². The van der Waals surface area contributed by atoms with Gasteiger partial charge in [0.25, 0.3) is 0 Å². The topological polar surface area (TPSA) is 19.4 Å². The first kappa shape index (κ1) is 30.7. The standard InChI is InChI=1S/C45H39N3/c1-32-16-11-13-22-40(32)47(42-28-26-38(30-34(42)3)36-18-7-5-8-19-36)44-24-15-25-45(46-44)48(41-23-14-12-17-33(41)2)43-29-27-39(31-35(43)4)37-20-9-6-10-21-37/h5-31H,1-4H3. The van der Waals surface area contributed by atoms with Gasteiger partial charge in [0, 0.05) is 0 Å². The molecule has 0 bridgehead atoms. The van der Waals surface area contributed by atoms with Crippen LogP contribution in [0.4, 0.5) is 34.4 Å². The summed E-state index contributed by atoms with van der Waals surface area (Å²) < 4.78 is 0. The third-order valence-electron chi connectivity index (χ3n) is 8.98. The molecule has 7 rings (SSSR count). The zero-order chi connectivity index (χ0) is 33.0. The SMILES string of the molecule is Cc1ccccc1N(c1cccc(N(c2ccccc2C)c2ccc(-c3ccccc3)cc2C)n1)c1ccc(-c2ccccc2)cc1C. The third kappa shape index (κ3) is 6.11. The lowest BCUT2D eigenvalue weighted by Crippen LogP contribution is -2.18. The van der Waals surface area contributed by atoms with Crippen molar-refractivity contribution in [3.63, 3.8) is 0 Å². The van der Waals surface area contributed by atoms with Crippen LogP contribution < -0.4 is 9.80 Å². The molecule has 3 heteroatoms. The maximum atomic E-state index is 5.46. The van der Waals surface area contributed by atoms with Gasteiger partial charge in [-0.1, -0.05) is 115 Å². The van der Waals surface area contributed by atoms with E-state index in [0.29, 0.717) is 0 Å². The highest BCUT2D eigenvalue weighted by atomic mass is 15.3. The normalized spacial score (nSPS) is 10.9. The first-order valence-corrected chi connectivity index (χ1v) is 16.5. The van der Waals surface area contributed by atoms with Crippen LogP contribution in [0.25, 0.3) is 22.3 Å². The van der Waals surface area contributed by atoms with Crippen LogP contribution >= 0.6 is 0 Å². The Hall–Kier alpha value is -5.93. The molecule has 0 aliphatic heterocycles. The van der Waals surface area contributed by atoms with Crippen LogP contribution in [0.5, 0.6) is 0 Å². The van der Waals surface area contributed by atoms with Gasteiger partial charge in [0.2, 0.25) is 0 Å². The fourth-order valence-electron chi connectivity index (χ4n) is 6.48. The van der Waals surface area contributed by atoms with Crippen molar-refractivity contribution < 1.29 is 0 Å². The highest BCUT2D eigenvalue weighted by molar-refractivity contribution is 5.84. The molecular formula is C45H39N3. The van der Waals surface area contributed by atoms with Crippen LogP contribution in [0.3, 0.4) is 0 Å². The van der Waals surface area contributed by atoms with Crippen molar-refractivity contribution in [3.8, 4) is 22.3 Å². The van der Waals surface area contributed by atoms with Crippen LogP contribution in [-0.4, -0.2) is 4.98 Å². The summed E-state index contributed by atoms with van der Waals surface area (Å²) in [5.74, 6) is 1.71. The fraction of sp³-hybridized carbons (Fsp3) is 0.0889. The third-order valence-corrected chi connectivity index (χ3v) is 8.98. The summed E-state index contributed by atoms with van der Waals surface area (Å²) in [4.78, 5) is 10.0. The van der Waals surface area contributed by atoms with Crippen molar-refractivity contribution in [2.24, 2.45) is 0 Å². The predicted octanol–water partition coefficient (Wildman–Crippen LogP) is 12.6. The molecule has 1 aromatic heterocycles. The second-order valence-corrected chi connectivity index (χ2v) is 12.3. The Bertz CT molecular complexity index is 2030. The molecule has 7 aromatic rings. The summed E-state index contributed by atoms with van der Waals surface area (Å²) in [6.07, 6.45) is 0. The molecule has 0 saturated carbocycles. The van der Waals surface area contributed by atoms with E-state index in [9.17, 15) is 0 Å². The van der Waals surface area contributed by atoms with Crippen LogP contribution in [0.15, 0.2) is 164 Å². The van der Waals surface area contributed by atoms with Crippen LogP contribution in [0.1, 0.15) is 22.3 Å². The van der Waals surface area contributed by atoms with Gasteiger partial charge in [-0.05, 0) is 121 Å². The predicted molar refractivity (Wildman–Crippen MR) is 203 cm³/mol. The number of aromatic nitrogens is 1. The monoisotopic (exact) mass is 621 g/mol. The maximum absolute atomic E-state index is 5.46. The molecule has 0 aliphatic carbocycles. The van der Waals surface area contributed by atoms with E-state index in [2.05, 4.69) is 201 Å². The van der Waals surface area contributed by atoms with Gasteiger partial charge < -0.3 is 0 Å². The molecule has 6 aromatic carbocycles. The summed E-state index contributed by atoms with van der Waals surface area (Å²) in [6.45, 7) is 8.71. The Kier molecular flexibility index (Phi) is 8.59. The summed E-state index contributed by atoms with van der Waals surface area (Å²) in [5, 5.41) is 0. The van der Waals surface area contributed by atoms with Crippen molar-refractivity contribution in [3.05, 3.63) is 186 Å². The summed E-state index contributed by atoms with van der Waals surface area (Å²) >= 11 is 0. The van der Waals surface area contributed by atoms with Gasteiger partial charge >= 0.3 is 0 Å².